The predicted octanol–water partition coefficient (Wildman–Crippen LogP) is 2.70. The molecule has 0 unspecified atom stereocenters. The van der Waals surface area contributed by atoms with Gasteiger partial charge in [-0.3, -0.25) is 4.79 Å². The standard InChI is InChI=1S/C12H9BrN2O4/c1-6-7(13)3-2-4-8(6)14-11(16)9-5-10(12(17)18)19-15-9/h2-5H,1H3,(H,14,16)(H,17,18). The summed E-state index contributed by atoms with van der Waals surface area (Å²) in [5.41, 5.74) is 1.38. The lowest BCUT2D eigenvalue weighted by Crippen LogP contribution is -2.13. The van der Waals surface area contributed by atoms with Gasteiger partial charge >= 0.3 is 5.97 Å². The number of nitrogens with one attached hydrogen (secondary N) is 1. The number of hydrogen-bond acceptors (Lipinski definition) is 4. The van der Waals surface area contributed by atoms with Gasteiger partial charge in [0.25, 0.3) is 5.91 Å². The summed E-state index contributed by atoms with van der Waals surface area (Å²) in [7, 11) is 0. The monoisotopic (exact) mass is 324 g/mol. The van der Waals surface area contributed by atoms with Crippen molar-refractivity contribution < 1.29 is 19.2 Å². The maximum atomic E-state index is 11.9. The molecule has 2 rings (SSSR count). The average molecular weight is 325 g/mol. The second-order valence-corrected chi connectivity index (χ2v) is 4.60. The third kappa shape index (κ3) is 2.82. The number of carboxylic acid groups (broad SMARTS) is 1. The van der Waals surface area contributed by atoms with Crippen LogP contribution in [0.15, 0.2) is 33.3 Å². The number of benzene rings is 1. The van der Waals surface area contributed by atoms with E-state index in [0.29, 0.717) is 5.69 Å². The highest BCUT2D eigenvalue weighted by Crippen LogP contribution is 2.23. The number of aromatic nitrogens is 1. The number of carboxylic acids is 1. The second kappa shape index (κ2) is 5.23. The molecule has 1 aromatic heterocycles. The molecule has 0 aliphatic carbocycles. The van der Waals surface area contributed by atoms with Crippen LogP contribution in [-0.4, -0.2) is 22.1 Å². The minimum absolute atomic E-state index is 0.0863. The molecule has 0 aliphatic heterocycles. The van der Waals surface area contributed by atoms with Gasteiger partial charge in [-0.1, -0.05) is 27.2 Å². The van der Waals surface area contributed by atoms with E-state index in [-0.39, 0.29) is 11.5 Å². The molecule has 6 nitrogen and oxygen atoms in total. The van der Waals surface area contributed by atoms with E-state index in [2.05, 4.69) is 30.9 Å². The Bertz CT molecular complexity index is 651. The van der Waals surface area contributed by atoms with Crippen LogP contribution in [-0.2, 0) is 0 Å². The van der Waals surface area contributed by atoms with Crippen LogP contribution in [0.5, 0.6) is 0 Å². The lowest BCUT2D eigenvalue weighted by Gasteiger charge is -2.07. The van der Waals surface area contributed by atoms with Crippen molar-refractivity contribution in [3.8, 4) is 0 Å². The van der Waals surface area contributed by atoms with Crippen molar-refractivity contribution >= 4 is 33.5 Å². The fourth-order valence-corrected chi connectivity index (χ4v) is 1.78. The van der Waals surface area contributed by atoms with Crippen molar-refractivity contribution in [1.29, 1.82) is 0 Å². The Morgan fingerprint density at radius 1 is 1.42 bits per heavy atom. The summed E-state index contributed by atoms with van der Waals surface area (Å²) in [5.74, 6) is -2.18. The highest BCUT2D eigenvalue weighted by molar-refractivity contribution is 9.10. The summed E-state index contributed by atoms with van der Waals surface area (Å²) in [6, 6.07) is 6.43. The zero-order chi connectivity index (χ0) is 14.0. The Kier molecular flexibility index (Phi) is 3.66. The second-order valence-electron chi connectivity index (χ2n) is 3.75. The molecule has 1 heterocycles. The Morgan fingerprint density at radius 2 is 2.16 bits per heavy atom. The minimum Gasteiger partial charge on any atom is -0.475 e. The fraction of sp³-hybridized carbons (Fsp3) is 0.0833. The van der Waals surface area contributed by atoms with Gasteiger partial charge in [0.2, 0.25) is 5.76 Å². The first-order chi connectivity index (χ1) is 8.99. The molecular weight excluding hydrogens is 316 g/mol. The number of nitrogens with zero attached hydrogens (tertiary/aromatic N) is 1. The Balaban J connectivity index is 2.21. The molecule has 0 saturated heterocycles. The molecule has 0 aliphatic rings. The summed E-state index contributed by atoms with van der Waals surface area (Å²) in [6.45, 7) is 1.84. The van der Waals surface area contributed by atoms with Crippen LogP contribution < -0.4 is 5.32 Å². The van der Waals surface area contributed by atoms with E-state index >= 15 is 0 Å². The minimum atomic E-state index is -1.27. The predicted molar refractivity (Wildman–Crippen MR) is 70.3 cm³/mol. The number of rotatable bonds is 3. The van der Waals surface area contributed by atoms with Crippen LogP contribution in [0.3, 0.4) is 0 Å². The molecule has 0 bridgehead atoms. The van der Waals surface area contributed by atoms with E-state index in [4.69, 9.17) is 5.11 Å². The van der Waals surface area contributed by atoms with Crippen molar-refractivity contribution in [1.82, 2.24) is 5.16 Å². The number of anilines is 1. The van der Waals surface area contributed by atoms with Crippen LogP contribution >= 0.6 is 15.9 Å². The first kappa shape index (κ1) is 13.3. The summed E-state index contributed by atoms with van der Waals surface area (Å²) in [4.78, 5) is 22.5. The van der Waals surface area contributed by atoms with Gasteiger partial charge in [-0.2, -0.15) is 0 Å². The van der Waals surface area contributed by atoms with E-state index in [1.165, 1.54) is 0 Å². The molecule has 1 amide bonds. The first-order valence-electron chi connectivity index (χ1n) is 5.25. The summed E-state index contributed by atoms with van der Waals surface area (Å²) in [5, 5.41) is 14.7. The normalized spacial score (nSPS) is 10.2. The molecule has 0 fully saturated rings. The van der Waals surface area contributed by atoms with Crippen LogP contribution in [0.1, 0.15) is 26.6 Å². The van der Waals surface area contributed by atoms with E-state index < -0.39 is 11.9 Å². The van der Waals surface area contributed by atoms with Gasteiger partial charge in [0.1, 0.15) is 0 Å². The quantitative estimate of drug-likeness (QED) is 0.905. The SMILES string of the molecule is Cc1c(Br)cccc1NC(=O)c1cc(C(=O)O)on1. The van der Waals surface area contributed by atoms with Gasteiger partial charge in [0.15, 0.2) is 5.69 Å². The molecular formula is C12H9BrN2O4. The summed E-state index contributed by atoms with van der Waals surface area (Å²) < 4.78 is 5.38. The highest BCUT2D eigenvalue weighted by Gasteiger charge is 2.17. The highest BCUT2D eigenvalue weighted by atomic mass is 79.9. The molecule has 0 atom stereocenters. The number of halogens is 1. The van der Waals surface area contributed by atoms with Crippen molar-refractivity contribution in [2.75, 3.05) is 5.32 Å². The molecule has 2 N–H and O–H groups in total. The number of carbonyl (C=O) groups excluding carboxylic acids is 1. The van der Waals surface area contributed by atoms with E-state index in [1.54, 1.807) is 12.1 Å². The van der Waals surface area contributed by atoms with Crippen LogP contribution in [0, 0.1) is 6.92 Å². The van der Waals surface area contributed by atoms with E-state index in [0.717, 1.165) is 16.1 Å². The smallest absolute Gasteiger partial charge is 0.374 e. The molecule has 0 radical (unpaired) electrons. The van der Waals surface area contributed by atoms with Crippen LogP contribution in [0.25, 0.3) is 0 Å². The van der Waals surface area contributed by atoms with Gasteiger partial charge in [0.05, 0.1) is 0 Å². The molecule has 7 heteroatoms. The van der Waals surface area contributed by atoms with Gasteiger partial charge in [-0.05, 0) is 24.6 Å². The number of amides is 1. The Morgan fingerprint density at radius 3 is 2.79 bits per heavy atom. The molecule has 19 heavy (non-hydrogen) atoms. The van der Waals surface area contributed by atoms with Gasteiger partial charge in [-0.25, -0.2) is 4.79 Å². The van der Waals surface area contributed by atoms with Crippen molar-refractivity contribution in [3.63, 3.8) is 0 Å². The summed E-state index contributed by atoms with van der Waals surface area (Å²) >= 11 is 3.35. The number of carbonyl (C=O) groups is 2. The lowest BCUT2D eigenvalue weighted by atomic mass is 10.2. The van der Waals surface area contributed by atoms with Crippen LogP contribution in [0.4, 0.5) is 5.69 Å². The average Bonchev–Trinajstić information content (AvgIpc) is 2.84. The van der Waals surface area contributed by atoms with Gasteiger partial charge in [-0.15, -0.1) is 0 Å². The molecule has 1 aromatic carbocycles. The Hall–Kier alpha value is -2.15. The maximum absolute atomic E-state index is 11.9. The van der Waals surface area contributed by atoms with Gasteiger partial charge in [0, 0.05) is 16.2 Å². The fourth-order valence-electron chi connectivity index (χ4n) is 1.41. The summed E-state index contributed by atoms with van der Waals surface area (Å²) in [6.07, 6.45) is 0. The molecule has 2 aromatic rings. The Labute approximate surface area is 116 Å². The first-order valence-corrected chi connectivity index (χ1v) is 6.05. The zero-order valence-electron chi connectivity index (χ0n) is 9.81. The largest absolute Gasteiger partial charge is 0.475 e. The van der Waals surface area contributed by atoms with Crippen molar-refractivity contribution in [2.24, 2.45) is 0 Å². The van der Waals surface area contributed by atoms with Crippen molar-refractivity contribution in [2.45, 2.75) is 6.92 Å². The van der Waals surface area contributed by atoms with E-state index in [9.17, 15) is 9.59 Å². The maximum Gasteiger partial charge on any atom is 0.374 e. The third-order valence-electron chi connectivity index (χ3n) is 2.47. The third-order valence-corrected chi connectivity index (χ3v) is 3.33. The lowest BCUT2D eigenvalue weighted by molar-refractivity contribution is 0.0651. The van der Waals surface area contributed by atoms with Crippen LogP contribution in [0.2, 0.25) is 0 Å². The zero-order valence-corrected chi connectivity index (χ0v) is 11.4. The molecule has 98 valence electrons. The topological polar surface area (TPSA) is 92.4 Å². The molecule has 0 saturated carbocycles. The van der Waals surface area contributed by atoms with Gasteiger partial charge < -0.3 is 14.9 Å². The number of aromatic carboxylic acids is 1. The van der Waals surface area contributed by atoms with Crippen molar-refractivity contribution in [3.05, 3.63) is 45.8 Å². The molecule has 0 spiro atoms. The number of hydrogen-bond donors (Lipinski definition) is 2. The van der Waals surface area contributed by atoms with E-state index in [1.807, 2.05) is 13.0 Å².